The third kappa shape index (κ3) is 3.59. The van der Waals surface area contributed by atoms with Crippen molar-refractivity contribution in [2.75, 3.05) is 7.11 Å². The van der Waals surface area contributed by atoms with Crippen molar-refractivity contribution in [1.82, 2.24) is 0 Å². The maximum atomic E-state index is 12.1. The number of ketones is 1. The van der Waals surface area contributed by atoms with E-state index in [0.717, 1.165) is 55.8 Å². The topological polar surface area (TPSA) is 43.4 Å². The Morgan fingerprint density at radius 3 is 2.59 bits per heavy atom. The number of ether oxygens (including phenoxy) is 1. The Bertz CT molecular complexity index is 642. The van der Waals surface area contributed by atoms with E-state index in [1.54, 1.807) is 0 Å². The normalized spacial score (nSPS) is 45.1. The SMILES string of the molecule is COC(=O)CCCC(C)C1CCC2C3CCC4CC(=O)CCC4(C)C3CCC12C. The van der Waals surface area contributed by atoms with Crippen LogP contribution in [0, 0.1) is 46.3 Å². The van der Waals surface area contributed by atoms with Crippen LogP contribution in [-0.2, 0) is 14.3 Å². The first-order valence-electron chi connectivity index (χ1n) is 12.4. The molecule has 8 atom stereocenters. The first-order valence-corrected chi connectivity index (χ1v) is 12.4. The predicted molar refractivity (Wildman–Crippen MR) is 115 cm³/mol. The number of carbonyl (C=O) groups excluding carboxylic acids is 2. The molecular weight excluding hydrogens is 360 g/mol. The van der Waals surface area contributed by atoms with Gasteiger partial charge in [0.1, 0.15) is 5.78 Å². The maximum Gasteiger partial charge on any atom is 0.305 e. The van der Waals surface area contributed by atoms with Gasteiger partial charge < -0.3 is 4.74 Å². The van der Waals surface area contributed by atoms with Gasteiger partial charge in [-0.25, -0.2) is 0 Å². The number of carbonyl (C=O) groups is 2. The molecule has 29 heavy (non-hydrogen) atoms. The van der Waals surface area contributed by atoms with E-state index < -0.39 is 0 Å². The number of rotatable bonds is 5. The first kappa shape index (κ1) is 21.4. The Balaban J connectivity index is 1.44. The predicted octanol–water partition coefficient (Wildman–Crippen LogP) is 6.19. The van der Waals surface area contributed by atoms with Crippen LogP contribution in [0.5, 0.6) is 0 Å². The zero-order valence-electron chi connectivity index (χ0n) is 19.2. The molecular formula is C26H42O3. The van der Waals surface area contributed by atoms with Crippen molar-refractivity contribution in [2.24, 2.45) is 46.3 Å². The summed E-state index contributed by atoms with van der Waals surface area (Å²) in [6.07, 6.45) is 13.7. The molecule has 0 bridgehead atoms. The summed E-state index contributed by atoms with van der Waals surface area (Å²) in [5, 5.41) is 0. The molecule has 8 unspecified atom stereocenters. The van der Waals surface area contributed by atoms with Crippen LogP contribution in [0.1, 0.15) is 97.8 Å². The Hall–Kier alpha value is -0.860. The fourth-order valence-electron chi connectivity index (χ4n) is 8.89. The summed E-state index contributed by atoms with van der Waals surface area (Å²) < 4.78 is 4.82. The fourth-order valence-corrected chi connectivity index (χ4v) is 8.89. The van der Waals surface area contributed by atoms with Crippen LogP contribution in [-0.4, -0.2) is 18.9 Å². The molecule has 4 fully saturated rings. The van der Waals surface area contributed by atoms with Gasteiger partial charge in [-0.1, -0.05) is 20.8 Å². The summed E-state index contributed by atoms with van der Waals surface area (Å²) in [7, 11) is 1.49. The Kier molecular flexibility index (Phi) is 5.90. The van der Waals surface area contributed by atoms with E-state index in [1.807, 2.05) is 0 Å². The first-order chi connectivity index (χ1) is 13.8. The summed E-state index contributed by atoms with van der Waals surface area (Å²) >= 11 is 0. The molecule has 0 spiro atoms. The van der Waals surface area contributed by atoms with Crippen LogP contribution in [0.3, 0.4) is 0 Å². The molecule has 0 N–H and O–H groups in total. The van der Waals surface area contributed by atoms with Crippen molar-refractivity contribution in [3.05, 3.63) is 0 Å². The second-order valence-electron chi connectivity index (χ2n) is 11.6. The highest BCUT2D eigenvalue weighted by atomic mass is 16.5. The van der Waals surface area contributed by atoms with E-state index in [-0.39, 0.29) is 5.97 Å². The smallest absolute Gasteiger partial charge is 0.305 e. The minimum Gasteiger partial charge on any atom is -0.469 e. The highest BCUT2D eigenvalue weighted by Gasteiger charge is 2.60. The molecule has 164 valence electrons. The van der Waals surface area contributed by atoms with Gasteiger partial charge in [-0.15, -0.1) is 0 Å². The Labute approximate surface area is 177 Å². The lowest BCUT2D eigenvalue weighted by Crippen LogP contribution is -2.53. The Morgan fingerprint density at radius 2 is 1.83 bits per heavy atom. The largest absolute Gasteiger partial charge is 0.469 e. The van der Waals surface area contributed by atoms with E-state index in [9.17, 15) is 9.59 Å². The molecule has 0 aromatic heterocycles. The van der Waals surface area contributed by atoms with E-state index in [2.05, 4.69) is 20.8 Å². The number of esters is 1. The van der Waals surface area contributed by atoms with Gasteiger partial charge in [0.15, 0.2) is 0 Å². The second kappa shape index (κ2) is 8.00. The third-order valence-electron chi connectivity index (χ3n) is 10.5. The molecule has 4 aliphatic carbocycles. The molecule has 3 nitrogen and oxygen atoms in total. The number of Topliss-reactive ketones (excluding diaryl/α,β-unsaturated/α-hetero) is 1. The number of hydrogen-bond acceptors (Lipinski definition) is 3. The lowest BCUT2D eigenvalue weighted by Gasteiger charge is -2.60. The van der Waals surface area contributed by atoms with Gasteiger partial charge in [-0.2, -0.15) is 0 Å². The fraction of sp³-hybridized carbons (Fsp3) is 0.923. The highest BCUT2D eigenvalue weighted by molar-refractivity contribution is 5.79. The molecule has 0 amide bonds. The molecule has 4 saturated carbocycles. The molecule has 0 heterocycles. The second-order valence-corrected chi connectivity index (χ2v) is 11.6. The molecule has 4 aliphatic rings. The number of fused-ring (bicyclic) bond motifs is 5. The minimum atomic E-state index is -0.0656. The van der Waals surface area contributed by atoms with Crippen LogP contribution < -0.4 is 0 Å². The molecule has 0 aromatic rings. The van der Waals surface area contributed by atoms with Gasteiger partial charge in [0, 0.05) is 19.3 Å². The summed E-state index contributed by atoms with van der Waals surface area (Å²) in [6.45, 7) is 7.60. The van der Waals surface area contributed by atoms with E-state index in [0.29, 0.717) is 34.9 Å². The standard InChI is InChI=1S/C26H42O3/c1-17(6-5-7-24(28)29-4)21-10-11-22-20-9-8-18-16-19(27)12-14-25(18,2)23(20)13-15-26(21,22)3/h17-18,20-23H,5-16H2,1-4H3. The molecule has 4 rings (SSSR count). The summed E-state index contributed by atoms with van der Waals surface area (Å²) in [5.74, 6) is 5.23. The van der Waals surface area contributed by atoms with Gasteiger partial charge in [-0.3, -0.25) is 9.59 Å². The van der Waals surface area contributed by atoms with Crippen molar-refractivity contribution in [3.8, 4) is 0 Å². The van der Waals surface area contributed by atoms with E-state index >= 15 is 0 Å². The monoisotopic (exact) mass is 402 g/mol. The highest BCUT2D eigenvalue weighted by Crippen LogP contribution is 2.68. The lowest BCUT2D eigenvalue weighted by atomic mass is 9.44. The van der Waals surface area contributed by atoms with Gasteiger partial charge in [0.2, 0.25) is 0 Å². The van der Waals surface area contributed by atoms with Crippen LogP contribution in [0.25, 0.3) is 0 Å². The zero-order chi connectivity index (χ0) is 20.8. The van der Waals surface area contributed by atoms with Gasteiger partial charge in [0.05, 0.1) is 7.11 Å². The van der Waals surface area contributed by atoms with Gasteiger partial charge in [-0.05, 0) is 104 Å². The molecule has 0 aromatic carbocycles. The minimum absolute atomic E-state index is 0.0656. The zero-order valence-corrected chi connectivity index (χ0v) is 19.2. The molecule has 0 radical (unpaired) electrons. The van der Waals surface area contributed by atoms with E-state index in [4.69, 9.17) is 4.74 Å². The molecule has 0 aliphatic heterocycles. The van der Waals surface area contributed by atoms with Crippen molar-refractivity contribution in [1.29, 1.82) is 0 Å². The van der Waals surface area contributed by atoms with Crippen LogP contribution in [0.15, 0.2) is 0 Å². The third-order valence-corrected chi connectivity index (χ3v) is 10.5. The average molecular weight is 403 g/mol. The van der Waals surface area contributed by atoms with Crippen molar-refractivity contribution in [2.45, 2.75) is 97.8 Å². The quantitative estimate of drug-likeness (QED) is 0.515. The maximum absolute atomic E-state index is 12.1. The van der Waals surface area contributed by atoms with Gasteiger partial charge >= 0.3 is 5.97 Å². The summed E-state index contributed by atoms with van der Waals surface area (Å²) in [6, 6.07) is 0. The average Bonchev–Trinajstić information content (AvgIpc) is 3.05. The van der Waals surface area contributed by atoms with Crippen molar-refractivity contribution >= 4 is 11.8 Å². The van der Waals surface area contributed by atoms with Crippen LogP contribution >= 0.6 is 0 Å². The van der Waals surface area contributed by atoms with Crippen molar-refractivity contribution in [3.63, 3.8) is 0 Å². The molecule has 0 saturated heterocycles. The van der Waals surface area contributed by atoms with Gasteiger partial charge in [0.25, 0.3) is 0 Å². The lowest BCUT2D eigenvalue weighted by molar-refractivity contribution is -0.141. The van der Waals surface area contributed by atoms with Crippen LogP contribution in [0.2, 0.25) is 0 Å². The molecule has 3 heteroatoms. The van der Waals surface area contributed by atoms with Crippen LogP contribution in [0.4, 0.5) is 0 Å². The summed E-state index contributed by atoms with van der Waals surface area (Å²) in [5.41, 5.74) is 0.905. The Morgan fingerprint density at radius 1 is 1.07 bits per heavy atom. The number of methoxy groups -OCH3 is 1. The number of hydrogen-bond donors (Lipinski definition) is 0. The van der Waals surface area contributed by atoms with Crippen molar-refractivity contribution < 1.29 is 14.3 Å². The van der Waals surface area contributed by atoms with E-state index in [1.165, 1.54) is 45.6 Å². The summed E-state index contributed by atoms with van der Waals surface area (Å²) in [4.78, 5) is 23.6.